The van der Waals surface area contributed by atoms with E-state index in [1.165, 1.54) is 16.4 Å². The Morgan fingerprint density at radius 2 is 1.52 bits per heavy atom. The molecule has 0 aliphatic carbocycles. The van der Waals surface area contributed by atoms with E-state index in [4.69, 9.17) is 0 Å². The van der Waals surface area contributed by atoms with Crippen molar-refractivity contribution < 1.29 is 18.0 Å². The third kappa shape index (κ3) is 3.93. The standard InChI is InChI=1S/C20H28N4O4S/c1-13-12-14(2)16(4)19(15(13)3)29(27,28)24-10-8-23(9-11-24)20(26)17-6-7-18(25)22(5)21-17/h12H,6-11H2,1-5H3. The first-order valence-electron chi connectivity index (χ1n) is 9.75. The molecule has 0 N–H and O–H groups in total. The summed E-state index contributed by atoms with van der Waals surface area (Å²) >= 11 is 0. The SMILES string of the molecule is Cc1cc(C)c(C)c(S(=O)(=O)N2CCN(C(=O)C3=NN(C)C(=O)CC3)CC2)c1C. The summed E-state index contributed by atoms with van der Waals surface area (Å²) in [5, 5.41) is 5.27. The van der Waals surface area contributed by atoms with Crippen molar-refractivity contribution in [3.05, 3.63) is 28.3 Å². The minimum atomic E-state index is -3.65. The highest BCUT2D eigenvalue weighted by Crippen LogP contribution is 2.29. The topological polar surface area (TPSA) is 90.4 Å². The zero-order valence-corrected chi connectivity index (χ0v) is 18.5. The number of sulfonamides is 1. The van der Waals surface area contributed by atoms with Gasteiger partial charge in [0.2, 0.25) is 15.9 Å². The van der Waals surface area contributed by atoms with Crippen LogP contribution >= 0.6 is 0 Å². The smallest absolute Gasteiger partial charge is 0.270 e. The molecule has 0 bridgehead atoms. The van der Waals surface area contributed by atoms with E-state index in [-0.39, 0.29) is 31.3 Å². The highest BCUT2D eigenvalue weighted by atomic mass is 32.2. The third-order valence-corrected chi connectivity index (χ3v) is 8.05. The van der Waals surface area contributed by atoms with Crippen LogP contribution < -0.4 is 0 Å². The van der Waals surface area contributed by atoms with E-state index in [9.17, 15) is 18.0 Å². The van der Waals surface area contributed by atoms with Crippen LogP contribution in [0.25, 0.3) is 0 Å². The molecule has 1 aromatic rings. The van der Waals surface area contributed by atoms with Crippen LogP contribution in [0.2, 0.25) is 0 Å². The van der Waals surface area contributed by atoms with Crippen molar-refractivity contribution in [2.24, 2.45) is 5.10 Å². The fourth-order valence-electron chi connectivity index (χ4n) is 3.83. The molecule has 29 heavy (non-hydrogen) atoms. The van der Waals surface area contributed by atoms with Gasteiger partial charge in [0.25, 0.3) is 5.91 Å². The molecule has 2 amide bonds. The maximum absolute atomic E-state index is 13.3. The van der Waals surface area contributed by atoms with E-state index in [1.54, 1.807) is 4.90 Å². The number of nitrogens with zero attached hydrogens (tertiary/aromatic N) is 4. The number of carbonyl (C=O) groups excluding carboxylic acids is 2. The second kappa shape index (κ2) is 7.87. The van der Waals surface area contributed by atoms with Gasteiger partial charge in [-0.2, -0.15) is 9.41 Å². The van der Waals surface area contributed by atoms with Crippen LogP contribution in [0.3, 0.4) is 0 Å². The molecule has 0 unspecified atom stereocenters. The molecule has 2 heterocycles. The summed E-state index contributed by atoms with van der Waals surface area (Å²) in [5.41, 5.74) is 3.81. The second-order valence-corrected chi connectivity index (χ2v) is 9.62. The Bertz CT molecular complexity index is 966. The van der Waals surface area contributed by atoms with Crippen molar-refractivity contribution in [2.75, 3.05) is 33.2 Å². The van der Waals surface area contributed by atoms with Crippen LogP contribution in [0.4, 0.5) is 0 Å². The summed E-state index contributed by atoms with van der Waals surface area (Å²) < 4.78 is 28.2. The van der Waals surface area contributed by atoms with Crippen molar-refractivity contribution >= 4 is 27.5 Å². The number of piperazine rings is 1. The predicted octanol–water partition coefficient (Wildman–Crippen LogP) is 1.36. The Labute approximate surface area is 172 Å². The summed E-state index contributed by atoms with van der Waals surface area (Å²) in [6.07, 6.45) is 0.585. The molecule has 0 radical (unpaired) electrons. The van der Waals surface area contributed by atoms with Crippen LogP contribution in [0.1, 0.15) is 35.1 Å². The normalized spacial score (nSPS) is 18.8. The Morgan fingerprint density at radius 3 is 2.03 bits per heavy atom. The van der Waals surface area contributed by atoms with Crippen LogP contribution in [0, 0.1) is 27.7 Å². The van der Waals surface area contributed by atoms with E-state index < -0.39 is 10.0 Å². The molecule has 9 heteroatoms. The van der Waals surface area contributed by atoms with Crippen LogP contribution in [0.15, 0.2) is 16.1 Å². The molecule has 0 spiro atoms. The Kier molecular flexibility index (Phi) is 5.82. The van der Waals surface area contributed by atoms with E-state index >= 15 is 0 Å². The first-order valence-corrected chi connectivity index (χ1v) is 11.2. The van der Waals surface area contributed by atoms with Crippen LogP contribution in [-0.2, 0) is 19.6 Å². The average Bonchev–Trinajstić information content (AvgIpc) is 2.68. The quantitative estimate of drug-likeness (QED) is 0.738. The van der Waals surface area contributed by atoms with Gasteiger partial charge in [-0.15, -0.1) is 0 Å². The molecule has 158 valence electrons. The molecule has 3 rings (SSSR count). The number of hydrogen-bond acceptors (Lipinski definition) is 5. The average molecular weight is 421 g/mol. The highest BCUT2D eigenvalue weighted by molar-refractivity contribution is 7.89. The van der Waals surface area contributed by atoms with Gasteiger partial charge in [0.15, 0.2) is 0 Å². The monoisotopic (exact) mass is 420 g/mol. The van der Waals surface area contributed by atoms with Gasteiger partial charge in [0, 0.05) is 46.1 Å². The van der Waals surface area contributed by atoms with Gasteiger partial charge in [-0.25, -0.2) is 13.4 Å². The molecular weight excluding hydrogens is 392 g/mol. The molecule has 0 atom stereocenters. The molecular formula is C20H28N4O4S. The number of benzene rings is 1. The summed E-state index contributed by atoms with van der Waals surface area (Å²) in [6, 6.07) is 2.01. The van der Waals surface area contributed by atoms with Gasteiger partial charge in [-0.1, -0.05) is 6.07 Å². The van der Waals surface area contributed by atoms with Gasteiger partial charge in [-0.3, -0.25) is 9.59 Å². The van der Waals surface area contributed by atoms with Gasteiger partial charge >= 0.3 is 0 Å². The number of hydrogen-bond donors (Lipinski definition) is 0. The van der Waals surface area contributed by atoms with Crippen molar-refractivity contribution in [3.8, 4) is 0 Å². The molecule has 1 aromatic carbocycles. The maximum atomic E-state index is 13.3. The highest BCUT2D eigenvalue weighted by Gasteiger charge is 2.34. The lowest BCUT2D eigenvalue weighted by Gasteiger charge is -2.35. The summed E-state index contributed by atoms with van der Waals surface area (Å²) in [4.78, 5) is 26.3. The number of carbonyl (C=O) groups is 2. The first kappa shape index (κ1) is 21.4. The van der Waals surface area contributed by atoms with Crippen LogP contribution in [-0.4, -0.2) is 73.4 Å². The lowest BCUT2D eigenvalue weighted by molar-refractivity contribution is -0.130. The van der Waals surface area contributed by atoms with Gasteiger partial charge in [-0.05, 0) is 49.9 Å². The summed E-state index contributed by atoms with van der Waals surface area (Å²) in [5.74, 6) is -0.336. The zero-order valence-electron chi connectivity index (χ0n) is 17.7. The largest absolute Gasteiger partial charge is 0.335 e. The van der Waals surface area contributed by atoms with Crippen molar-refractivity contribution in [1.29, 1.82) is 0 Å². The lowest BCUT2D eigenvalue weighted by Crippen LogP contribution is -2.52. The number of amides is 2. The van der Waals surface area contributed by atoms with Gasteiger partial charge in [0.05, 0.1) is 4.90 Å². The number of aryl methyl sites for hydroxylation is 2. The Hall–Kier alpha value is -2.26. The molecule has 1 saturated heterocycles. The number of hydrazone groups is 1. The van der Waals surface area contributed by atoms with E-state index in [0.717, 1.165) is 22.3 Å². The fourth-order valence-corrected chi connectivity index (χ4v) is 5.83. The van der Waals surface area contributed by atoms with Gasteiger partial charge < -0.3 is 4.90 Å². The van der Waals surface area contributed by atoms with E-state index in [0.29, 0.717) is 30.1 Å². The fraction of sp³-hybridized carbons (Fsp3) is 0.550. The van der Waals surface area contributed by atoms with Crippen LogP contribution in [0.5, 0.6) is 0 Å². The molecule has 8 nitrogen and oxygen atoms in total. The van der Waals surface area contributed by atoms with Crippen molar-refractivity contribution in [3.63, 3.8) is 0 Å². The molecule has 2 aliphatic heterocycles. The molecule has 0 saturated carbocycles. The predicted molar refractivity (Wildman–Crippen MR) is 110 cm³/mol. The Morgan fingerprint density at radius 1 is 0.966 bits per heavy atom. The summed E-state index contributed by atoms with van der Waals surface area (Å²) in [7, 11) is -2.11. The van der Waals surface area contributed by atoms with E-state index in [1.807, 2.05) is 33.8 Å². The molecule has 1 fully saturated rings. The number of rotatable bonds is 3. The zero-order chi connectivity index (χ0) is 21.5. The first-order chi connectivity index (χ1) is 13.5. The maximum Gasteiger partial charge on any atom is 0.270 e. The second-order valence-electron chi connectivity index (χ2n) is 7.75. The van der Waals surface area contributed by atoms with Crippen molar-refractivity contribution in [1.82, 2.24) is 14.2 Å². The lowest BCUT2D eigenvalue weighted by atomic mass is 10.0. The van der Waals surface area contributed by atoms with Gasteiger partial charge in [0.1, 0.15) is 5.71 Å². The molecule has 0 aromatic heterocycles. The van der Waals surface area contributed by atoms with E-state index in [2.05, 4.69) is 5.10 Å². The minimum absolute atomic E-state index is 0.114. The van der Waals surface area contributed by atoms with Crippen molar-refractivity contribution in [2.45, 2.75) is 45.4 Å². The third-order valence-electron chi connectivity index (χ3n) is 5.88. The molecule has 2 aliphatic rings. The Balaban J connectivity index is 1.77. The minimum Gasteiger partial charge on any atom is -0.335 e. The summed E-state index contributed by atoms with van der Waals surface area (Å²) in [6.45, 7) is 8.61.